The van der Waals surface area contributed by atoms with E-state index in [4.69, 9.17) is 5.11 Å². The van der Waals surface area contributed by atoms with Crippen LogP contribution in [0.25, 0.3) is 17.2 Å². The zero-order valence-electron chi connectivity index (χ0n) is 17.4. The van der Waals surface area contributed by atoms with Crippen LogP contribution in [0.5, 0.6) is 0 Å². The van der Waals surface area contributed by atoms with Gasteiger partial charge in [-0.25, -0.2) is 26.9 Å². The molecule has 3 aromatic carbocycles. The number of amidine groups is 1. The summed E-state index contributed by atoms with van der Waals surface area (Å²) < 4.78 is 69.3. The summed E-state index contributed by atoms with van der Waals surface area (Å²) >= 11 is 0.860. The van der Waals surface area contributed by atoms with Crippen LogP contribution in [0.2, 0.25) is 0 Å². The molecule has 2 N–H and O–H groups in total. The first-order valence-electron chi connectivity index (χ1n) is 9.85. The Hall–Kier alpha value is -3.99. The van der Waals surface area contributed by atoms with Gasteiger partial charge in [0.15, 0.2) is 16.8 Å². The van der Waals surface area contributed by atoms with Gasteiger partial charge in [0.2, 0.25) is 0 Å². The van der Waals surface area contributed by atoms with Gasteiger partial charge in [0.05, 0.1) is 17.0 Å². The average molecular weight is 504 g/mol. The monoisotopic (exact) mass is 504 g/mol. The minimum atomic E-state index is -1.37. The maximum absolute atomic E-state index is 14.7. The van der Waals surface area contributed by atoms with Crippen LogP contribution in [0.1, 0.15) is 11.1 Å². The van der Waals surface area contributed by atoms with Crippen LogP contribution in [0.3, 0.4) is 0 Å². The number of carbonyl (C=O) groups excluding carboxylic acids is 1. The largest absolute Gasteiger partial charge is 0.481 e. The number of nitrogens with zero attached hydrogens (tertiary/aromatic N) is 1. The molecule has 5 nitrogen and oxygen atoms in total. The first-order valence-corrected chi connectivity index (χ1v) is 10.7. The Morgan fingerprint density at radius 2 is 1.66 bits per heavy atom. The Morgan fingerprint density at radius 3 is 2.34 bits per heavy atom. The number of rotatable bonds is 5. The van der Waals surface area contributed by atoms with Crippen molar-refractivity contribution < 1.29 is 36.6 Å². The van der Waals surface area contributed by atoms with E-state index in [9.17, 15) is 31.5 Å². The first-order chi connectivity index (χ1) is 16.6. The summed E-state index contributed by atoms with van der Waals surface area (Å²) in [6.07, 6.45) is 0.730. The zero-order valence-corrected chi connectivity index (χ0v) is 18.2. The molecule has 1 amide bonds. The van der Waals surface area contributed by atoms with E-state index >= 15 is 0 Å². The highest BCUT2D eigenvalue weighted by molar-refractivity contribution is 8.18. The quantitative estimate of drug-likeness (QED) is 0.271. The van der Waals surface area contributed by atoms with E-state index in [-0.39, 0.29) is 38.0 Å². The maximum atomic E-state index is 14.7. The summed E-state index contributed by atoms with van der Waals surface area (Å²) in [5, 5.41) is 11.3. The Kier molecular flexibility index (Phi) is 6.70. The molecule has 11 heteroatoms. The van der Waals surface area contributed by atoms with E-state index in [1.807, 2.05) is 0 Å². The molecule has 1 aliphatic rings. The number of hydrogen-bond acceptors (Lipinski definition) is 4. The maximum Gasteiger partial charge on any atom is 0.307 e. The molecular formula is C24H13F5N2O3S. The molecule has 1 heterocycles. The number of hydrogen-bond donors (Lipinski definition) is 2. The molecule has 1 aliphatic heterocycles. The number of aliphatic imine (C=N–C) groups is 1. The fraction of sp³-hybridized carbons (Fsp3) is 0.0417. The number of nitrogens with one attached hydrogen (secondary N) is 1. The lowest BCUT2D eigenvalue weighted by atomic mass is 10.0. The summed E-state index contributed by atoms with van der Waals surface area (Å²) in [4.78, 5) is 27.2. The number of benzene rings is 3. The van der Waals surface area contributed by atoms with Crippen LogP contribution in [0.15, 0.2) is 58.4 Å². The summed E-state index contributed by atoms with van der Waals surface area (Å²) in [5.41, 5.74) is -0.275. The molecule has 0 saturated carbocycles. The summed E-state index contributed by atoms with van der Waals surface area (Å²) in [6.45, 7) is 0. The van der Waals surface area contributed by atoms with Crippen molar-refractivity contribution in [2.75, 3.05) is 0 Å². The second-order valence-corrected chi connectivity index (χ2v) is 8.34. The van der Waals surface area contributed by atoms with Crippen molar-refractivity contribution in [2.24, 2.45) is 4.99 Å². The first kappa shape index (κ1) is 24.1. The van der Waals surface area contributed by atoms with E-state index in [2.05, 4.69) is 10.3 Å². The number of carboxylic acid groups (broad SMARTS) is 1. The van der Waals surface area contributed by atoms with E-state index in [0.29, 0.717) is 12.1 Å². The van der Waals surface area contributed by atoms with Crippen molar-refractivity contribution in [2.45, 2.75) is 6.42 Å². The van der Waals surface area contributed by atoms with Crippen molar-refractivity contribution in [1.29, 1.82) is 0 Å². The molecule has 0 radical (unpaired) electrons. The van der Waals surface area contributed by atoms with E-state index in [1.54, 1.807) is 0 Å². The van der Waals surface area contributed by atoms with Crippen LogP contribution in [0, 0.1) is 29.1 Å². The normalized spacial score (nSPS) is 15.6. The van der Waals surface area contributed by atoms with Gasteiger partial charge < -0.3 is 10.4 Å². The summed E-state index contributed by atoms with van der Waals surface area (Å²) in [6, 6.07) is 8.14. The SMILES string of the molecule is O=C(O)Cc1ccc(N=C2NC(=O)C(=Cc3ccc(-c4cc(F)c(F)cc4F)cc3F)S2)cc1F. The smallest absolute Gasteiger partial charge is 0.307 e. The Labute approximate surface area is 199 Å². The number of amides is 1. The fourth-order valence-electron chi connectivity index (χ4n) is 3.21. The summed E-state index contributed by atoms with van der Waals surface area (Å²) in [7, 11) is 0. The number of carboxylic acids is 1. The third-order valence-electron chi connectivity index (χ3n) is 4.87. The molecule has 0 aliphatic carbocycles. The molecule has 35 heavy (non-hydrogen) atoms. The predicted molar refractivity (Wildman–Crippen MR) is 120 cm³/mol. The van der Waals surface area contributed by atoms with Crippen LogP contribution >= 0.6 is 11.8 Å². The molecule has 1 fully saturated rings. The van der Waals surface area contributed by atoms with E-state index in [0.717, 1.165) is 23.9 Å². The number of halogens is 5. The molecule has 0 atom stereocenters. The number of carbonyl (C=O) groups is 2. The third kappa shape index (κ3) is 5.40. The highest BCUT2D eigenvalue weighted by Crippen LogP contribution is 2.31. The lowest BCUT2D eigenvalue weighted by Crippen LogP contribution is -2.19. The average Bonchev–Trinajstić information content (AvgIpc) is 3.12. The van der Waals surface area contributed by atoms with Crippen LogP contribution < -0.4 is 5.32 Å². The van der Waals surface area contributed by atoms with E-state index < -0.39 is 47.4 Å². The highest BCUT2D eigenvalue weighted by Gasteiger charge is 2.24. The molecule has 0 spiro atoms. The molecular weight excluding hydrogens is 491 g/mol. The van der Waals surface area contributed by atoms with Gasteiger partial charge in [-0.2, -0.15) is 0 Å². The van der Waals surface area contributed by atoms with Crippen LogP contribution in [-0.4, -0.2) is 22.2 Å². The minimum absolute atomic E-state index is 0.0210. The molecule has 0 aromatic heterocycles. The lowest BCUT2D eigenvalue weighted by Gasteiger charge is -2.06. The zero-order chi connectivity index (χ0) is 25.3. The summed E-state index contributed by atoms with van der Waals surface area (Å²) in [5.74, 6) is -7.09. The topological polar surface area (TPSA) is 78.8 Å². The van der Waals surface area contributed by atoms with Crippen molar-refractivity contribution in [3.05, 3.63) is 93.6 Å². The molecule has 0 unspecified atom stereocenters. The highest BCUT2D eigenvalue weighted by atomic mass is 32.2. The molecule has 4 rings (SSSR count). The third-order valence-corrected chi connectivity index (χ3v) is 5.78. The molecule has 178 valence electrons. The van der Waals surface area contributed by atoms with Gasteiger partial charge in [-0.15, -0.1) is 0 Å². The van der Waals surface area contributed by atoms with Gasteiger partial charge in [0.1, 0.15) is 17.5 Å². The van der Waals surface area contributed by atoms with Crippen LogP contribution in [-0.2, 0) is 16.0 Å². The van der Waals surface area contributed by atoms with Gasteiger partial charge in [-0.3, -0.25) is 9.59 Å². The molecule has 3 aromatic rings. The van der Waals surface area contributed by atoms with Crippen molar-refractivity contribution in [3.63, 3.8) is 0 Å². The Bertz CT molecular complexity index is 1440. The minimum Gasteiger partial charge on any atom is -0.481 e. The Morgan fingerprint density at radius 1 is 0.914 bits per heavy atom. The van der Waals surface area contributed by atoms with Crippen molar-refractivity contribution in [1.82, 2.24) is 5.32 Å². The molecule has 1 saturated heterocycles. The Balaban J connectivity index is 1.56. The van der Waals surface area contributed by atoms with Crippen molar-refractivity contribution in [3.8, 4) is 11.1 Å². The second-order valence-electron chi connectivity index (χ2n) is 7.31. The molecule has 0 bridgehead atoms. The van der Waals surface area contributed by atoms with Gasteiger partial charge in [-0.1, -0.05) is 18.2 Å². The standard InChI is InChI=1S/C24H13F5N2O3S/c25-16-5-11(15-9-19(28)20(29)10-18(15)27)1-2-12(16)6-21-23(34)31-24(35-21)30-14-4-3-13(7-22(32)33)17(26)8-14/h1-6,8-10H,7H2,(H,32,33)(H,30,31,34). The fourth-order valence-corrected chi connectivity index (χ4v) is 4.04. The van der Waals surface area contributed by atoms with Gasteiger partial charge in [-0.05, 0) is 53.2 Å². The van der Waals surface area contributed by atoms with Gasteiger partial charge in [0.25, 0.3) is 5.91 Å². The van der Waals surface area contributed by atoms with Gasteiger partial charge >= 0.3 is 5.97 Å². The van der Waals surface area contributed by atoms with E-state index in [1.165, 1.54) is 30.3 Å². The van der Waals surface area contributed by atoms with Crippen molar-refractivity contribution >= 4 is 40.6 Å². The van der Waals surface area contributed by atoms with Crippen LogP contribution in [0.4, 0.5) is 27.6 Å². The second kappa shape index (κ2) is 9.71. The number of aliphatic carboxylic acids is 1. The number of thioether (sulfide) groups is 1. The van der Waals surface area contributed by atoms with Gasteiger partial charge in [0, 0.05) is 17.2 Å². The lowest BCUT2D eigenvalue weighted by molar-refractivity contribution is -0.136. The predicted octanol–water partition coefficient (Wildman–Crippen LogP) is 5.57.